The van der Waals surface area contributed by atoms with Gasteiger partial charge in [0.2, 0.25) is 0 Å². The van der Waals surface area contributed by atoms with E-state index in [9.17, 15) is 0 Å². The van der Waals surface area contributed by atoms with Crippen molar-refractivity contribution in [2.75, 3.05) is 13.1 Å². The molecule has 1 atom stereocenters. The molecule has 0 bridgehead atoms. The summed E-state index contributed by atoms with van der Waals surface area (Å²) in [5.41, 5.74) is 0. The molecule has 3 heteroatoms. The van der Waals surface area contributed by atoms with Crippen molar-refractivity contribution < 1.29 is 0 Å². The second-order valence-corrected chi connectivity index (χ2v) is 15.5. The van der Waals surface area contributed by atoms with Gasteiger partial charge in [0.1, 0.15) is 0 Å². The number of rotatable bonds is 4. The molecule has 0 fully saturated rings. The molecule has 0 radical (unpaired) electrons. The molecule has 1 aromatic rings. The second kappa shape index (κ2) is 5.73. The first-order valence-corrected chi connectivity index (χ1v) is 11.7. The van der Waals surface area contributed by atoms with Crippen LogP contribution in [0.15, 0.2) is 30.3 Å². The summed E-state index contributed by atoms with van der Waals surface area (Å²) in [6, 6.07) is 10.8. The third-order valence-corrected chi connectivity index (χ3v) is 17.1. The molecule has 0 aliphatic heterocycles. The van der Waals surface area contributed by atoms with Crippen molar-refractivity contribution in [2.45, 2.75) is 38.8 Å². The number of nitrogens with zero attached hydrogens (tertiary/aromatic N) is 1. The van der Waals surface area contributed by atoms with Crippen LogP contribution in [0.4, 0.5) is 0 Å². The van der Waals surface area contributed by atoms with Crippen LogP contribution < -0.4 is 4.35 Å². The summed E-state index contributed by atoms with van der Waals surface area (Å²) in [5.74, 6) is 0. The molecule has 17 heavy (non-hydrogen) atoms. The van der Waals surface area contributed by atoms with Crippen molar-refractivity contribution in [3.8, 4) is 0 Å². The Bertz CT molecular complexity index is 390. The van der Waals surface area contributed by atoms with Crippen LogP contribution >= 0.6 is 10.4 Å². The van der Waals surface area contributed by atoms with Crippen molar-refractivity contribution in [2.24, 2.45) is 0 Å². The van der Waals surface area contributed by atoms with Crippen LogP contribution in [0.1, 0.15) is 34.6 Å². The van der Waals surface area contributed by atoms with Gasteiger partial charge in [0.15, 0.2) is 0 Å². The van der Waals surface area contributed by atoms with Crippen LogP contribution in [-0.4, -0.2) is 29.0 Å². The van der Waals surface area contributed by atoms with Crippen LogP contribution in [-0.2, 0) is 0 Å². The van der Waals surface area contributed by atoms with E-state index in [2.05, 4.69) is 68.8 Å². The topological polar surface area (TPSA) is 3.24 Å². The molecule has 1 aromatic carbocycles. The summed E-state index contributed by atoms with van der Waals surface area (Å²) >= 11 is -2.44. The fourth-order valence-electron chi connectivity index (χ4n) is 2.23. The first-order chi connectivity index (χ1) is 7.87. The van der Waals surface area contributed by atoms with Crippen LogP contribution in [0.25, 0.3) is 0 Å². The van der Waals surface area contributed by atoms with Gasteiger partial charge in [-0.05, 0) is 0 Å². The summed E-state index contributed by atoms with van der Waals surface area (Å²) in [5, 5.41) is 0. The SMILES string of the molecule is CCN(CC)[As](=S)(c1ccccc1)C(C)(C)C. The normalized spacial score (nSPS) is 15.9. The Morgan fingerprint density at radius 1 is 1.06 bits per heavy atom. The van der Waals surface area contributed by atoms with Crippen LogP contribution in [0.2, 0.25) is 4.20 Å². The van der Waals surface area contributed by atoms with Gasteiger partial charge in [0.25, 0.3) is 0 Å². The quantitative estimate of drug-likeness (QED) is 0.780. The Kier molecular flexibility index (Phi) is 5.06. The summed E-state index contributed by atoms with van der Waals surface area (Å²) in [4.78, 5) is 0. The fourth-order valence-corrected chi connectivity index (χ4v) is 11.0. The van der Waals surface area contributed by atoms with E-state index in [1.54, 1.807) is 0 Å². The molecule has 0 N–H and O–H groups in total. The van der Waals surface area contributed by atoms with Crippen molar-refractivity contribution in [3.63, 3.8) is 0 Å². The summed E-state index contributed by atoms with van der Waals surface area (Å²) in [6.45, 7) is 13.5. The zero-order valence-corrected chi connectivity index (χ0v) is 14.3. The Labute approximate surface area is 113 Å². The molecule has 0 amide bonds. The molecular weight excluding hydrogens is 289 g/mol. The van der Waals surface area contributed by atoms with E-state index in [0.717, 1.165) is 13.1 Å². The average molecular weight is 313 g/mol. The Morgan fingerprint density at radius 2 is 1.53 bits per heavy atom. The number of hydrogen-bond donors (Lipinski definition) is 0. The molecule has 1 nitrogen and oxygen atoms in total. The Balaban J connectivity index is 3.36. The molecule has 0 spiro atoms. The van der Waals surface area contributed by atoms with Gasteiger partial charge in [-0.1, -0.05) is 0 Å². The second-order valence-electron chi connectivity index (χ2n) is 5.22. The van der Waals surface area contributed by atoms with E-state index in [1.165, 1.54) is 4.35 Å². The van der Waals surface area contributed by atoms with E-state index in [0.29, 0.717) is 0 Å². The third-order valence-electron chi connectivity index (χ3n) is 3.14. The monoisotopic (exact) mass is 313 g/mol. The van der Waals surface area contributed by atoms with Gasteiger partial charge in [0, 0.05) is 0 Å². The van der Waals surface area contributed by atoms with Crippen molar-refractivity contribution in [1.82, 2.24) is 3.82 Å². The molecule has 0 aliphatic rings. The molecule has 0 saturated heterocycles. The summed E-state index contributed by atoms with van der Waals surface area (Å²) in [6.07, 6.45) is 0. The van der Waals surface area contributed by atoms with Gasteiger partial charge >= 0.3 is 113 Å². The van der Waals surface area contributed by atoms with Crippen molar-refractivity contribution in [3.05, 3.63) is 30.3 Å². The van der Waals surface area contributed by atoms with Crippen molar-refractivity contribution >= 4 is 26.8 Å². The van der Waals surface area contributed by atoms with Gasteiger partial charge in [0.05, 0.1) is 0 Å². The van der Waals surface area contributed by atoms with E-state index < -0.39 is 12.1 Å². The standard InChI is InChI=1S/C14H24AsNS/c1-6-16(7-2)15(17,14(3,4)5)13-11-9-8-10-12-13/h8-12H,6-7H2,1-5H3. The number of hydrogen-bond acceptors (Lipinski definition) is 1. The summed E-state index contributed by atoms with van der Waals surface area (Å²) < 4.78 is 4.14. The Hall–Kier alpha value is -0.0416. The molecule has 0 aliphatic carbocycles. The van der Waals surface area contributed by atoms with E-state index in [1.807, 2.05) is 0 Å². The van der Waals surface area contributed by atoms with Gasteiger partial charge in [-0.15, -0.1) is 0 Å². The van der Waals surface area contributed by atoms with Crippen LogP contribution in [0, 0.1) is 0 Å². The fraction of sp³-hybridized carbons (Fsp3) is 0.571. The van der Waals surface area contributed by atoms with Gasteiger partial charge in [-0.25, -0.2) is 0 Å². The van der Waals surface area contributed by atoms with E-state index in [-0.39, 0.29) is 4.20 Å². The predicted molar refractivity (Wildman–Crippen MR) is 82.1 cm³/mol. The van der Waals surface area contributed by atoms with E-state index in [4.69, 9.17) is 10.4 Å². The zero-order chi connectivity index (χ0) is 13.1. The van der Waals surface area contributed by atoms with Gasteiger partial charge in [-0.3, -0.25) is 0 Å². The Morgan fingerprint density at radius 3 is 1.88 bits per heavy atom. The minimum atomic E-state index is -2.44. The van der Waals surface area contributed by atoms with Gasteiger partial charge in [-0.2, -0.15) is 0 Å². The molecule has 1 unspecified atom stereocenters. The first-order valence-electron chi connectivity index (χ1n) is 6.29. The molecule has 0 aromatic heterocycles. The molecule has 0 heterocycles. The summed E-state index contributed by atoms with van der Waals surface area (Å²) in [7, 11) is 6.22. The first kappa shape index (κ1) is 15.0. The maximum atomic E-state index is 6.22. The molecule has 96 valence electrons. The van der Waals surface area contributed by atoms with Crippen molar-refractivity contribution in [1.29, 1.82) is 0 Å². The maximum absolute atomic E-state index is 6.22. The predicted octanol–water partition coefficient (Wildman–Crippen LogP) is 3.68. The third kappa shape index (κ3) is 2.86. The number of benzene rings is 1. The van der Waals surface area contributed by atoms with E-state index >= 15 is 0 Å². The minimum absolute atomic E-state index is 0.195. The molecule has 0 saturated carbocycles. The zero-order valence-electron chi connectivity index (χ0n) is 11.6. The molecule has 1 rings (SSSR count). The molecular formula is C14H24AsNS. The van der Waals surface area contributed by atoms with Gasteiger partial charge < -0.3 is 0 Å². The van der Waals surface area contributed by atoms with Crippen LogP contribution in [0.3, 0.4) is 0 Å². The average Bonchev–Trinajstić information content (AvgIpc) is 2.30. The van der Waals surface area contributed by atoms with Crippen LogP contribution in [0.5, 0.6) is 0 Å².